The summed E-state index contributed by atoms with van der Waals surface area (Å²) >= 11 is 0. The fourth-order valence-corrected chi connectivity index (χ4v) is 4.37. The molecule has 0 bridgehead atoms. The van der Waals surface area contributed by atoms with Crippen molar-refractivity contribution in [3.05, 3.63) is 47.1 Å². The molecule has 28 heavy (non-hydrogen) atoms. The average molecular weight is 387 g/mol. The number of rotatable bonds is 8. The van der Waals surface area contributed by atoms with Crippen LogP contribution in [0.4, 0.5) is 0 Å². The maximum absolute atomic E-state index is 10.9. The number of unbranched alkanes of at least 4 members (excludes halogenated alkanes) is 3. The molecule has 0 fully saturated rings. The molecule has 0 aliphatic heterocycles. The number of aliphatic hydroxyl groups excluding tert-OH is 1. The number of aromatic hydroxyl groups is 2. The van der Waals surface area contributed by atoms with Crippen LogP contribution in [0, 0.1) is 5.92 Å². The van der Waals surface area contributed by atoms with Gasteiger partial charge in [-0.1, -0.05) is 64.7 Å². The highest BCUT2D eigenvalue weighted by Crippen LogP contribution is 2.47. The molecule has 2 rings (SSSR count). The van der Waals surface area contributed by atoms with Crippen LogP contribution in [-0.4, -0.2) is 21.4 Å². The van der Waals surface area contributed by atoms with Gasteiger partial charge in [-0.2, -0.15) is 0 Å². The summed E-state index contributed by atoms with van der Waals surface area (Å²) in [4.78, 5) is 0. The monoisotopic (exact) mass is 386 g/mol. The van der Waals surface area contributed by atoms with Gasteiger partial charge in [0.15, 0.2) is 0 Å². The van der Waals surface area contributed by atoms with E-state index in [0.29, 0.717) is 12.0 Å². The lowest BCUT2D eigenvalue weighted by Crippen LogP contribution is -2.26. The van der Waals surface area contributed by atoms with Crippen LogP contribution in [0.3, 0.4) is 0 Å². The van der Waals surface area contributed by atoms with Crippen molar-refractivity contribution in [1.82, 2.24) is 0 Å². The third-order valence-electron chi connectivity index (χ3n) is 6.42. The molecule has 0 saturated carbocycles. The molecule has 1 aliphatic rings. The summed E-state index contributed by atoms with van der Waals surface area (Å²) in [6, 6.07) is 3.64. The Morgan fingerprint density at radius 3 is 2.29 bits per heavy atom. The molecule has 3 atom stereocenters. The molecule has 1 aromatic rings. The summed E-state index contributed by atoms with van der Waals surface area (Å²) in [5.74, 6) is 0.0765. The molecule has 3 heteroatoms. The van der Waals surface area contributed by atoms with Gasteiger partial charge in [0.2, 0.25) is 0 Å². The lowest BCUT2D eigenvalue weighted by molar-refractivity contribution is 0.168. The van der Waals surface area contributed by atoms with Crippen LogP contribution in [0.25, 0.3) is 0 Å². The van der Waals surface area contributed by atoms with Crippen LogP contribution in [0.2, 0.25) is 0 Å². The standard InChI is InChI=1S/C25H38O3/c1-7-8-9-10-11-25(5,6)18-13-22(27)24(23(28)14-18)20-12-17(4)21(26)15-19(20)16(2)3/h12-14,19-21,26-28H,2,7-11,15H2,1,3-6H3. The fourth-order valence-electron chi connectivity index (χ4n) is 4.37. The topological polar surface area (TPSA) is 60.7 Å². The van der Waals surface area contributed by atoms with Crippen LogP contribution in [0.1, 0.15) is 90.2 Å². The zero-order valence-corrected chi connectivity index (χ0v) is 18.3. The highest BCUT2D eigenvalue weighted by molar-refractivity contribution is 5.53. The molecular formula is C25H38O3. The van der Waals surface area contributed by atoms with Crippen LogP contribution < -0.4 is 0 Å². The maximum Gasteiger partial charge on any atom is 0.123 e. The Hall–Kier alpha value is -1.74. The SMILES string of the molecule is C=C(C)C1CC(O)C(C)=CC1c1c(O)cc(C(C)(C)CCCCCC)cc1O. The van der Waals surface area contributed by atoms with Gasteiger partial charge < -0.3 is 15.3 Å². The van der Waals surface area contributed by atoms with Gasteiger partial charge in [0.05, 0.1) is 6.10 Å². The van der Waals surface area contributed by atoms with E-state index in [1.165, 1.54) is 19.3 Å². The number of hydrogen-bond donors (Lipinski definition) is 3. The number of phenolic OH excluding ortho intramolecular Hbond substituents is 2. The molecule has 0 heterocycles. The first-order chi connectivity index (χ1) is 13.1. The van der Waals surface area contributed by atoms with Crippen molar-refractivity contribution in [3.8, 4) is 11.5 Å². The van der Waals surface area contributed by atoms with Gasteiger partial charge in [0.25, 0.3) is 0 Å². The van der Waals surface area contributed by atoms with Crippen LogP contribution >= 0.6 is 0 Å². The lowest BCUT2D eigenvalue weighted by Gasteiger charge is -2.34. The number of aliphatic hydroxyl groups is 1. The Labute approximate surface area is 170 Å². The lowest BCUT2D eigenvalue weighted by atomic mass is 9.72. The normalized spacial score (nSPS) is 22.8. The number of hydrogen-bond acceptors (Lipinski definition) is 3. The van der Waals surface area contributed by atoms with E-state index in [4.69, 9.17) is 0 Å². The van der Waals surface area contributed by atoms with E-state index in [1.807, 2.05) is 32.1 Å². The predicted molar refractivity (Wildman–Crippen MR) is 117 cm³/mol. The molecule has 0 spiro atoms. The number of phenols is 2. The van der Waals surface area contributed by atoms with Gasteiger partial charge in [0.1, 0.15) is 11.5 Å². The van der Waals surface area contributed by atoms with Gasteiger partial charge >= 0.3 is 0 Å². The molecule has 0 saturated heterocycles. The van der Waals surface area contributed by atoms with E-state index >= 15 is 0 Å². The second kappa shape index (κ2) is 9.17. The summed E-state index contributed by atoms with van der Waals surface area (Å²) < 4.78 is 0. The number of benzene rings is 1. The second-order valence-electron chi connectivity index (χ2n) is 9.26. The van der Waals surface area contributed by atoms with E-state index in [1.54, 1.807) is 0 Å². The highest BCUT2D eigenvalue weighted by atomic mass is 16.3. The molecule has 0 amide bonds. The molecular weight excluding hydrogens is 348 g/mol. The Morgan fingerprint density at radius 1 is 1.14 bits per heavy atom. The minimum absolute atomic E-state index is 0.0107. The van der Waals surface area contributed by atoms with Crippen LogP contribution in [-0.2, 0) is 5.41 Å². The maximum atomic E-state index is 10.9. The van der Waals surface area contributed by atoms with Gasteiger partial charge in [-0.15, -0.1) is 0 Å². The average Bonchev–Trinajstić information content (AvgIpc) is 2.60. The molecule has 3 unspecified atom stereocenters. The summed E-state index contributed by atoms with van der Waals surface area (Å²) in [5.41, 5.74) is 3.23. The van der Waals surface area contributed by atoms with Gasteiger partial charge in [-0.05, 0) is 61.3 Å². The van der Waals surface area contributed by atoms with E-state index in [2.05, 4.69) is 27.4 Å². The van der Waals surface area contributed by atoms with Crippen molar-refractivity contribution in [1.29, 1.82) is 0 Å². The third kappa shape index (κ3) is 5.00. The van der Waals surface area contributed by atoms with Crippen LogP contribution in [0.15, 0.2) is 35.9 Å². The molecule has 0 aromatic heterocycles. The summed E-state index contributed by atoms with van der Waals surface area (Å²) in [5, 5.41) is 32.0. The first-order valence-corrected chi connectivity index (χ1v) is 10.7. The molecule has 1 aromatic carbocycles. The summed E-state index contributed by atoms with van der Waals surface area (Å²) in [6.07, 6.45) is 7.87. The largest absolute Gasteiger partial charge is 0.507 e. The van der Waals surface area contributed by atoms with Crippen molar-refractivity contribution < 1.29 is 15.3 Å². The summed E-state index contributed by atoms with van der Waals surface area (Å²) in [7, 11) is 0. The molecule has 1 aliphatic carbocycles. The Balaban J connectivity index is 2.36. The zero-order chi connectivity index (χ0) is 21.1. The number of allylic oxidation sites excluding steroid dienone is 2. The fraction of sp³-hybridized carbons (Fsp3) is 0.600. The van der Waals surface area contributed by atoms with Gasteiger partial charge in [-0.25, -0.2) is 0 Å². The van der Waals surface area contributed by atoms with Gasteiger partial charge in [-0.3, -0.25) is 0 Å². The smallest absolute Gasteiger partial charge is 0.123 e. The molecule has 3 nitrogen and oxygen atoms in total. The predicted octanol–water partition coefficient (Wildman–Crippen LogP) is 6.33. The molecule has 0 radical (unpaired) electrons. The van der Waals surface area contributed by atoms with Crippen molar-refractivity contribution in [2.24, 2.45) is 5.92 Å². The van der Waals surface area contributed by atoms with Crippen LogP contribution in [0.5, 0.6) is 11.5 Å². The van der Waals surface area contributed by atoms with E-state index in [9.17, 15) is 15.3 Å². The highest BCUT2D eigenvalue weighted by Gasteiger charge is 2.34. The zero-order valence-electron chi connectivity index (χ0n) is 18.3. The Kier molecular flexibility index (Phi) is 7.39. The van der Waals surface area contributed by atoms with Crippen molar-refractivity contribution in [2.45, 2.75) is 90.6 Å². The Morgan fingerprint density at radius 2 is 1.75 bits per heavy atom. The van der Waals surface area contributed by atoms with Crippen molar-refractivity contribution >= 4 is 0 Å². The molecule has 3 N–H and O–H groups in total. The third-order valence-corrected chi connectivity index (χ3v) is 6.42. The second-order valence-corrected chi connectivity index (χ2v) is 9.26. The Bertz CT molecular complexity index is 706. The van der Waals surface area contributed by atoms with E-state index in [0.717, 1.165) is 29.6 Å². The summed E-state index contributed by atoms with van der Waals surface area (Å²) in [6.45, 7) is 14.5. The van der Waals surface area contributed by atoms with Gasteiger partial charge in [0, 0.05) is 11.5 Å². The minimum atomic E-state index is -0.497. The quantitative estimate of drug-likeness (QED) is 0.361. The van der Waals surface area contributed by atoms with Crippen molar-refractivity contribution in [2.75, 3.05) is 0 Å². The first kappa shape index (κ1) is 22.5. The van der Waals surface area contributed by atoms with E-state index in [-0.39, 0.29) is 28.7 Å². The molecule has 156 valence electrons. The van der Waals surface area contributed by atoms with Crippen molar-refractivity contribution in [3.63, 3.8) is 0 Å². The van der Waals surface area contributed by atoms with E-state index < -0.39 is 6.10 Å². The minimum Gasteiger partial charge on any atom is -0.507 e. The first-order valence-electron chi connectivity index (χ1n) is 10.7.